The summed E-state index contributed by atoms with van der Waals surface area (Å²) in [5, 5.41) is 25.5. The summed E-state index contributed by atoms with van der Waals surface area (Å²) in [6, 6.07) is 5.09. The molecule has 258 valence electrons. The summed E-state index contributed by atoms with van der Waals surface area (Å²) in [6.45, 7) is 24.8. The lowest BCUT2D eigenvalue weighted by Crippen LogP contribution is -2.60. The molecule has 3 rings (SSSR count). The van der Waals surface area contributed by atoms with Gasteiger partial charge in [0, 0.05) is 35.2 Å². The summed E-state index contributed by atoms with van der Waals surface area (Å²) in [6.07, 6.45) is 11.2. The van der Waals surface area contributed by atoms with Crippen LogP contribution < -0.4 is 15.4 Å². The van der Waals surface area contributed by atoms with Crippen LogP contribution in [0.1, 0.15) is 133 Å². The quantitative estimate of drug-likeness (QED) is 0.140. The van der Waals surface area contributed by atoms with Gasteiger partial charge in [0.25, 0.3) is 0 Å². The van der Waals surface area contributed by atoms with Crippen molar-refractivity contribution < 1.29 is 4.74 Å². The van der Waals surface area contributed by atoms with Gasteiger partial charge in [-0.05, 0) is 120 Å². The molecule has 0 bridgehead atoms. The third-order valence-electron chi connectivity index (χ3n) is 10.1. The molecular weight excluding hydrogens is 574 g/mol. The maximum atomic E-state index is 9.35. The highest BCUT2D eigenvalue weighted by Gasteiger charge is 2.45. The van der Waals surface area contributed by atoms with E-state index in [0.717, 1.165) is 64.5 Å². The minimum atomic E-state index is -0.0238. The molecule has 10 nitrogen and oxygen atoms in total. The molecule has 0 atom stereocenters. The fourth-order valence-corrected chi connectivity index (χ4v) is 8.75. The van der Waals surface area contributed by atoms with Crippen LogP contribution in [0.3, 0.4) is 0 Å². The first-order valence-electron chi connectivity index (χ1n) is 17.7. The zero-order chi connectivity index (χ0) is 34.2. The highest BCUT2D eigenvalue weighted by Crippen LogP contribution is 2.44. The van der Waals surface area contributed by atoms with Gasteiger partial charge in [-0.3, -0.25) is 9.80 Å². The summed E-state index contributed by atoms with van der Waals surface area (Å²) < 4.78 is 5.85. The molecule has 2 N–H and O–H groups in total. The second kappa shape index (κ2) is 15.9. The fourth-order valence-electron chi connectivity index (χ4n) is 8.75. The molecule has 2 aliphatic heterocycles. The molecule has 2 fully saturated rings. The monoisotopic (exact) mass is 638 g/mol. The van der Waals surface area contributed by atoms with Crippen molar-refractivity contribution in [1.82, 2.24) is 24.8 Å². The van der Waals surface area contributed by atoms with Gasteiger partial charge >= 0.3 is 6.01 Å². The SMILES string of the molecule is CC(C)Oc1nc(NCCCCC2CC(C)(C)N(CC#N)C(C)(C)C2)nc(NCCCCC2CC(C)(C)N(CC#N)C(C)(C)C2)n1. The van der Waals surface area contributed by atoms with Crippen LogP contribution in [0.5, 0.6) is 6.01 Å². The van der Waals surface area contributed by atoms with E-state index in [-0.39, 0.29) is 28.3 Å². The van der Waals surface area contributed by atoms with Crippen molar-refractivity contribution in [3.63, 3.8) is 0 Å². The topological polar surface area (TPSA) is 126 Å². The first-order chi connectivity index (χ1) is 21.5. The molecule has 0 spiro atoms. The molecule has 1 aromatic rings. The Morgan fingerprint density at radius 3 is 1.37 bits per heavy atom. The van der Waals surface area contributed by atoms with Gasteiger partial charge in [-0.15, -0.1) is 0 Å². The number of nitrogens with one attached hydrogen (secondary N) is 2. The van der Waals surface area contributed by atoms with Gasteiger partial charge < -0.3 is 15.4 Å². The molecule has 46 heavy (non-hydrogen) atoms. The maximum Gasteiger partial charge on any atom is 0.323 e. The second-order valence-electron chi connectivity index (χ2n) is 16.6. The standard InChI is InChI=1S/C36H63N9O/c1-27(2)46-32-42-30(39-19-13-11-15-28-23-33(3,4)44(21-17-37)34(5,6)24-28)41-31(43-32)40-20-14-12-16-29-25-35(7,8)45(22-18-38)36(9,10)26-29/h27-29H,11-16,19-26H2,1-10H3,(H2,39,40,41,42,43). The fraction of sp³-hybridized carbons (Fsp3) is 0.861. The van der Waals surface area contributed by atoms with Gasteiger partial charge in [0.05, 0.1) is 31.3 Å². The summed E-state index contributed by atoms with van der Waals surface area (Å²) >= 11 is 0. The molecule has 0 radical (unpaired) electrons. The van der Waals surface area contributed by atoms with Gasteiger partial charge in [-0.1, -0.05) is 25.7 Å². The number of rotatable bonds is 16. The number of ether oxygens (including phenoxy) is 1. The average molecular weight is 638 g/mol. The zero-order valence-corrected chi connectivity index (χ0v) is 30.7. The third kappa shape index (κ3) is 10.7. The highest BCUT2D eigenvalue weighted by atomic mass is 16.5. The average Bonchev–Trinajstić information content (AvgIpc) is 2.91. The van der Waals surface area contributed by atoms with Gasteiger partial charge in [0.2, 0.25) is 11.9 Å². The van der Waals surface area contributed by atoms with Crippen molar-refractivity contribution in [2.24, 2.45) is 11.8 Å². The second-order valence-corrected chi connectivity index (χ2v) is 16.6. The third-order valence-corrected chi connectivity index (χ3v) is 10.1. The van der Waals surface area contributed by atoms with Crippen LogP contribution in [0, 0.1) is 34.5 Å². The van der Waals surface area contributed by atoms with Crippen LogP contribution in [0.2, 0.25) is 0 Å². The van der Waals surface area contributed by atoms with Gasteiger partial charge in [-0.2, -0.15) is 25.5 Å². The molecule has 2 aliphatic rings. The molecule has 10 heteroatoms. The van der Waals surface area contributed by atoms with Crippen LogP contribution in [-0.4, -0.2) is 79.2 Å². The number of unbranched alkanes of at least 4 members (excludes halogenated alkanes) is 2. The Balaban J connectivity index is 1.45. The summed E-state index contributed by atoms with van der Waals surface area (Å²) in [4.78, 5) is 18.5. The Bertz CT molecular complexity index is 1080. The van der Waals surface area contributed by atoms with E-state index in [1.54, 1.807) is 0 Å². The van der Waals surface area contributed by atoms with E-state index < -0.39 is 0 Å². The smallest absolute Gasteiger partial charge is 0.323 e. The normalized spacial score (nSPS) is 21.4. The highest BCUT2D eigenvalue weighted by molar-refractivity contribution is 5.35. The molecule has 0 unspecified atom stereocenters. The Morgan fingerprint density at radius 1 is 0.674 bits per heavy atom. The number of nitrogens with zero attached hydrogens (tertiary/aromatic N) is 7. The van der Waals surface area contributed by atoms with Crippen molar-refractivity contribution in [1.29, 1.82) is 10.5 Å². The number of hydrogen-bond donors (Lipinski definition) is 2. The minimum Gasteiger partial charge on any atom is -0.461 e. The lowest BCUT2D eigenvalue weighted by atomic mass is 9.72. The van der Waals surface area contributed by atoms with Crippen LogP contribution >= 0.6 is 0 Å². The summed E-state index contributed by atoms with van der Waals surface area (Å²) in [7, 11) is 0. The maximum absolute atomic E-state index is 9.35. The van der Waals surface area contributed by atoms with E-state index in [0.29, 0.717) is 42.8 Å². The van der Waals surface area contributed by atoms with E-state index in [2.05, 4.69) is 103 Å². The first kappa shape index (κ1) is 37.8. The molecule has 0 saturated carbocycles. The van der Waals surface area contributed by atoms with E-state index in [1.807, 2.05) is 13.8 Å². The zero-order valence-electron chi connectivity index (χ0n) is 30.7. The molecular formula is C36H63N9O. The molecule has 3 heterocycles. The van der Waals surface area contributed by atoms with E-state index in [1.165, 1.54) is 12.8 Å². The van der Waals surface area contributed by atoms with Crippen molar-refractivity contribution >= 4 is 11.9 Å². The minimum absolute atomic E-state index is 0.0238. The number of anilines is 2. The lowest BCUT2D eigenvalue weighted by Gasteiger charge is -2.54. The number of hydrogen-bond acceptors (Lipinski definition) is 10. The Hall–Kier alpha value is -2.69. The van der Waals surface area contributed by atoms with Gasteiger partial charge in [0.1, 0.15) is 0 Å². The van der Waals surface area contributed by atoms with Crippen LogP contribution in [0.4, 0.5) is 11.9 Å². The van der Waals surface area contributed by atoms with Crippen molar-refractivity contribution in [2.75, 3.05) is 36.8 Å². The molecule has 0 aliphatic carbocycles. The largest absolute Gasteiger partial charge is 0.461 e. The number of piperidine rings is 2. The van der Waals surface area contributed by atoms with Gasteiger partial charge in [-0.25, -0.2) is 0 Å². The van der Waals surface area contributed by atoms with E-state index >= 15 is 0 Å². The Morgan fingerprint density at radius 2 is 1.04 bits per heavy atom. The Kier molecular flexibility index (Phi) is 13.1. The van der Waals surface area contributed by atoms with Crippen LogP contribution in [0.15, 0.2) is 0 Å². The number of aromatic nitrogens is 3. The molecule has 1 aromatic heterocycles. The van der Waals surface area contributed by atoms with Gasteiger partial charge in [0.15, 0.2) is 0 Å². The lowest BCUT2D eigenvalue weighted by molar-refractivity contribution is -0.0434. The summed E-state index contributed by atoms with van der Waals surface area (Å²) in [5.41, 5.74) is 0.134. The molecule has 0 amide bonds. The van der Waals surface area contributed by atoms with Crippen LogP contribution in [0.25, 0.3) is 0 Å². The van der Waals surface area contributed by atoms with E-state index in [4.69, 9.17) is 4.74 Å². The van der Waals surface area contributed by atoms with Crippen LogP contribution in [-0.2, 0) is 0 Å². The predicted molar refractivity (Wildman–Crippen MR) is 187 cm³/mol. The number of nitriles is 2. The molecule has 0 aromatic carbocycles. The first-order valence-corrected chi connectivity index (χ1v) is 17.7. The summed E-state index contributed by atoms with van der Waals surface area (Å²) in [5.74, 6) is 2.42. The van der Waals surface area contributed by atoms with E-state index in [9.17, 15) is 10.5 Å². The number of likely N-dealkylation sites (tertiary alicyclic amines) is 2. The molecule has 2 saturated heterocycles. The Labute approximate surface area is 280 Å². The van der Waals surface area contributed by atoms with Crippen molar-refractivity contribution in [2.45, 2.75) is 162 Å². The predicted octanol–water partition coefficient (Wildman–Crippen LogP) is 7.41. The van der Waals surface area contributed by atoms with Crippen molar-refractivity contribution in [3.05, 3.63) is 0 Å². The van der Waals surface area contributed by atoms with Crippen molar-refractivity contribution in [3.8, 4) is 18.1 Å².